The number of benzene rings is 2. The van der Waals surface area contributed by atoms with E-state index in [9.17, 15) is 19.5 Å². The van der Waals surface area contributed by atoms with Crippen LogP contribution in [0.2, 0.25) is 0 Å². The summed E-state index contributed by atoms with van der Waals surface area (Å²) in [7, 11) is 0. The van der Waals surface area contributed by atoms with Gasteiger partial charge in [0.25, 0.3) is 0 Å². The maximum atomic E-state index is 13.3. The SMILES string of the molecule is CCc1ccc(C(C(C)C(=O)O)N(C(=O)Oc2ccccc2)C(=O)[C@@H](N)C(C)C)cc1. The second-order valence-corrected chi connectivity index (χ2v) is 7.83. The third-order valence-corrected chi connectivity index (χ3v) is 5.26. The molecule has 0 spiro atoms. The molecule has 2 aromatic carbocycles. The van der Waals surface area contributed by atoms with Crippen LogP contribution >= 0.6 is 0 Å². The number of para-hydroxylation sites is 1. The van der Waals surface area contributed by atoms with Crippen LogP contribution in [0.25, 0.3) is 0 Å². The average molecular weight is 427 g/mol. The van der Waals surface area contributed by atoms with Gasteiger partial charge < -0.3 is 15.6 Å². The summed E-state index contributed by atoms with van der Waals surface area (Å²) in [5.74, 6) is -2.94. The smallest absolute Gasteiger partial charge is 0.422 e. The first-order chi connectivity index (χ1) is 14.7. The summed E-state index contributed by atoms with van der Waals surface area (Å²) in [4.78, 5) is 39.3. The van der Waals surface area contributed by atoms with Crippen LogP contribution < -0.4 is 10.5 Å². The fraction of sp³-hybridized carbons (Fsp3) is 0.375. The number of imide groups is 1. The van der Waals surface area contributed by atoms with E-state index < -0.39 is 36.0 Å². The van der Waals surface area contributed by atoms with Crippen molar-refractivity contribution in [3.05, 3.63) is 65.7 Å². The van der Waals surface area contributed by atoms with E-state index in [-0.39, 0.29) is 11.7 Å². The normalized spacial score (nSPS) is 13.9. The van der Waals surface area contributed by atoms with Crippen molar-refractivity contribution in [1.29, 1.82) is 0 Å². The van der Waals surface area contributed by atoms with Crippen LogP contribution in [-0.2, 0) is 16.0 Å². The second kappa shape index (κ2) is 10.7. The Morgan fingerprint density at radius 3 is 2.06 bits per heavy atom. The zero-order chi connectivity index (χ0) is 23.1. The Morgan fingerprint density at radius 1 is 1.00 bits per heavy atom. The zero-order valence-electron chi connectivity index (χ0n) is 18.3. The van der Waals surface area contributed by atoms with Gasteiger partial charge in [0.1, 0.15) is 5.75 Å². The number of carboxylic acids is 1. The van der Waals surface area contributed by atoms with E-state index in [2.05, 4.69) is 0 Å². The number of aryl methyl sites for hydroxylation is 1. The molecular formula is C24H30N2O5. The molecule has 7 heteroatoms. The molecule has 3 atom stereocenters. The molecule has 2 aromatic rings. The van der Waals surface area contributed by atoms with Gasteiger partial charge in [-0.25, -0.2) is 9.69 Å². The molecule has 3 N–H and O–H groups in total. The maximum absolute atomic E-state index is 13.3. The molecule has 166 valence electrons. The Labute approximate surface area is 182 Å². The van der Waals surface area contributed by atoms with Crippen molar-refractivity contribution in [1.82, 2.24) is 4.90 Å². The van der Waals surface area contributed by atoms with Gasteiger partial charge in [0.05, 0.1) is 18.0 Å². The lowest BCUT2D eigenvalue weighted by molar-refractivity contribution is -0.145. The van der Waals surface area contributed by atoms with Gasteiger partial charge in [-0.1, -0.05) is 63.2 Å². The molecule has 2 unspecified atom stereocenters. The molecule has 0 saturated carbocycles. The van der Waals surface area contributed by atoms with Crippen molar-refractivity contribution in [3.63, 3.8) is 0 Å². The first-order valence-electron chi connectivity index (χ1n) is 10.3. The summed E-state index contributed by atoms with van der Waals surface area (Å²) in [5.41, 5.74) is 7.65. The molecule has 0 fully saturated rings. The highest BCUT2D eigenvalue weighted by atomic mass is 16.6. The van der Waals surface area contributed by atoms with Crippen molar-refractivity contribution >= 4 is 18.0 Å². The summed E-state index contributed by atoms with van der Waals surface area (Å²) >= 11 is 0. The van der Waals surface area contributed by atoms with E-state index in [1.807, 2.05) is 19.1 Å². The van der Waals surface area contributed by atoms with Crippen molar-refractivity contribution in [2.45, 2.75) is 46.2 Å². The summed E-state index contributed by atoms with van der Waals surface area (Å²) < 4.78 is 5.42. The number of ether oxygens (including phenoxy) is 1. The molecule has 31 heavy (non-hydrogen) atoms. The van der Waals surface area contributed by atoms with Crippen molar-refractivity contribution in [3.8, 4) is 5.75 Å². The third-order valence-electron chi connectivity index (χ3n) is 5.26. The Bertz CT molecular complexity index is 896. The van der Waals surface area contributed by atoms with Crippen molar-refractivity contribution < 1.29 is 24.2 Å². The van der Waals surface area contributed by atoms with Gasteiger partial charge in [-0.3, -0.25) is 9.59 Å². The number of hydrogen-bond donors (Lipinski definition) is 2. The Balaban J connectivity index is 2.56. The topological polar surface area (TPSA) is 110 Å². The number of carbonyl (C=O) groups excluding carboxylic acids is 2. The summed E-state index contributed by atoms with van der Waals surface area (Å²) in [6, 6.07) is 13.4. The van der Waals surface area contributed by atoms with Gasteiger partial charge in [-0.05, 0) is 42.5 Å². The zero-order valence-corrected chi connectivity index (χ0v) is 18.3. The molecular weight excluding hydrogens is 396 g/mol. The predicted octanol–water partition coefficient (Wildman–Crippen LogP) is 4.02. The minimum Gasteiger partial charge on any atom is -0.481 e. The van der Waals surface area contributed by atoms with Gasteiger partial charge in [0.15, 0.2) is 0 Å². The predicted molar refractivity (Wildman–Crippen MR) is 117 cm³/mol. The average Bonchev–Trinajstić information content (AvgIpc) is 2.76. The van der Waals surface area contributed by atoms with E-state index in [1.165, 1.54) is 6.92 Å². The van der Waals surface area contributed by atoms with Crippen LogP contribution in [0.3, 0.4) is 0 Å². The van der Waals surface area contributed by atoms with E-state index in [4.69, 9.17) is 10.5 Å². The van der Waals surface area contributed by atoms with E-state index >= 15 is 0 Å². The monoisotopic (exact) mass is 426 g/mol. The number of rotatable bonds is 8. The van der Waals surface area contributed by atoms with Crippen LogP contribution in [0.5, 0.6) is 5.75 Å². The fourth-order valence-electron chi connectivity index (χ4n) is 3.17. The molecule has 0 aliphatic carbocycles. The van der Waals surface area contributed by atoms with Crippen LogP contribution in [-0.4, -0.2) is 34.0 Å². The third kappa shape index (κ3) is 5.92. The number of nitrogens with two attached hydrogens (primary N) is 1. The summed E-state index contributed by atoms with van der Waals surface area (Å²) in [6.45, 7) is 6.97. The molecule has 2 amide bonds. The highest BCUT2D eigenvalue weighted by Crippen LogP contribution is 2.32. The number of amides is 2. The quantitative estimate of drug-likeness (QED) is 0.660. The minimum atomic E-state index is -1.15. The van der Waals surface area contributed by atoms with Gasteiger partial charge in [0.2, 0.25) is 5.91 Å². The minimum absolute atomic E-state index is 0.242. The molecule has 0 aliphatic heterocycles. The lowest BCUT2D eigenvalue weighted by Gasteiger charge is -2.34. The standard InChI is InChI=1S/C24H30N2O5/c1-5-17-11-13-18(14-12-17)21(16(4)23(28)29)26(22(27)20(25)15(2)3)24(30)31-19-9-7-6-8-10-19/h6-16,20-21H,5,25H2,1-4H3,(H,28,29)/t16?,20-,21?/m0/s1. The lowest BCUT2D eigenvalue weighted by Crippen LogP contribution is -2.53. The van der Waals surface area contributed by atoms with Crippen LogP contribution in [0.15, 0.2) is 54.6 Å². The number of nitrogens with zero attached hydrogens (tertiary/aromatic N) is 1. The van der Waals surface area contributed by atoms with Gasteiger partial charge in [0, 0.05) is 0 Å². The van der Waals surface area contributed by atoms with Crippen LogP contribution in [0, 0.1) is 11.8 Å². The molecule has 0 radical (unpaired) electrons. The number of carboxylic acid groups (broad SMARTS) is 1. The molecule has 0 saturated heterocycles. The Kier molecular flexibility index (Phi) is 8.33. The fourth-order valence-corrected chi connectivity index (χ4v) is 3.17. The first kappa shape index (κ1) is 24.1. The lowest BCUT2D eigenvalue weighted by atomic mass is 9.91. The summed E-state index contributed by atoms with van der Waals surface area (Å²) in [6.07, 6.45) is -0.166. The van der Waals surface area contributed by atoms with E-state index in [0.29, 0.717) is 5.56 Å². The van der Waals surface area contributed by atoms with Crippen LogP contribution in [0.1, 0.15) is 44.9 Å². The number of carbonyl (C=O) groups is 3. The van der Waals surface area contributed by atoms with E-state index in [0.717, 1.165) is 16.9 Å². The molecule has 2 rings (SSSR count). The molecule has 0 aliphatic rings. The number of aliphatic carboxylic acids is 1. The second-order valence-electron chi connectivity index (χ2n) is 7.83. The first-order valence-corrected chi connectivity index (χ1v) is 10.3. The van der Waals surface area contributed by atoms with Crippen LogP contribution in [0.4, 0.5) is 4.79 Å². The number of hydrogen-bond acceptors (Lipinski definition) is 5. The van der Waals surface area contributed by atoms with Gasteiger partial charge in [-0.15, -0.1) is 0 Å². The Hall–Kier alpha value is -3.19. The molecule has 0 bridgehead atoms. The van der Waals surface area contributed by atoms with Crippen molar-refractivity contribution in [2.75, 3.05) is 0 Å². The summed E-state index contributed by atoms with van der Waals surface area (Å²) in [5, 5.41) is 9.74. The largest absolute Gasteiger partial charge is 0.481 e. The maximum Gasteiger partial charge on any atom is 0.422 e. The molecule has 7 nitrogen and oxygen atoms in total. The highest BCUT2D eigenvalue weighted by molar-refractivity contribution is 5.96. The molecule has 0 heterocycles. The highest BCUT2D eigenvalue weighted by Gasteiger charge is 2.41. The molecule has 0 aromatic heterocycles. The van der Waals surface area contributed by atoms with Gasteiger partial charge >= 0.3 is 12.1 Å². The van der Waals surface area contributed by atoms with Crippen molar-refractivity contribution in [2.24, 2.45) is 17.6 Å². The van der Waals surface area contributed by atoms with Gasteiger partial charge in [-0.2, -0.15) is 0 Å². The van der Waals surface area contributed by atoms with E-state index in [1.54, 1.807) is 56.3 Å². The Morgan fingerprint density at radius 2 is 1.58 bits per heavy atom.